The highest BCUT2D eigenvalue weighted by molar-refractivity contribution is 5.88. The molecule has 4 aromatic rings. The first-order valence-corrected chi connectivity index (χ1v) is 10.7. The minimum Gasteiger partial charge on any atom is -0.361 e. The molecule has 1 atom stereocenters. The van der Waals surface area contributed by atoms with Crippen molar-refractivity contribution in [3.8, 4) is 0 Å². The molecule has 0 spiro atoms. The van der Waals surface area contributed by atoms with Crippen molar-refractivity contribution in [1.29, 1.82) is 0 Å². The highest BCUT2D eigenvalue weighted by atomic mass is 19.1. The number of para-hydroxylation sites is 1. The first kappa shape index (κ1) is 20.8. The van der Waals surface area contributed by atoms with Gasteiger partial charge in [0.2, 0.25) is 5.91 Å². The summed E-state index contributed by atoms with van der Waals surface area (Å²) >= 11 is 0. The maximum absolute atomic E-state index is 13.5. The van der Waals surface area contributed by atoms with E-state index in [1.54, 1.807) is 18.3 Å². The van der Waals surface area contributed by atoms with Gasteiger partial charge in [0.1, 0.15) is 5.82 Å². The summed E-state index contributed by atoms with van der Waals surface area (Å²) in [6.07, 6.45) is 5.63. The number of benzene rings is 2. The van der Waals surface area contributed by atoms with Crippen LogP contribution in [-0.4, -0.2) is 22.4 Å². The molecule has 2 N–H and O–H groups in total. The van der Waals surface area contributed by atoms with E-state index in [-0.39, 0.29) is 24.1 Å². The van der Waals surface area contributed by atoms with Crippen molar-refractivity contribution >= 4 is 16.8 Å². The fourth-order valence-corrected chi connectivity index (χ4v) is 4.06. The molecule has 1 amide bonds. The fourth-order valence-electron chi connectivity index (χ4n) is 4.06. The van der Waals surface area contributed by atoms with Crippen LogP contribution >= 0.6 is 0 Å². The number of aromatic amines is 1. The highest BCUT2D eigenvalue weighted by Crippen LogP contribution is 2.34. The van der Waals surface area contributed by atoms with Gasteiger partial charge in [-0.3, -0.25) is 9.78 Å². The Labute approximate surface area is 181 Å². The number of nitrogens with one attached hydrogen (secondary N) is 2. The zero-order chi connectivity index (χ0) is 21.6. The second kappa shape index (κ2) is 9.56. The van der Waals surface area contributed by atoms with Crippen LogP contribution in [0.4, 0.5) is 4.39 Å². The maximum Gasteiger partial charge on any atom is 0.220 e. The number of hydrogen-bond acceptors (Lipinski definition) is 2. The standard InChI is InChI=1S/C26H26FN3O/c1-2-18-6-5-8-22-24(17-30-26(18)22)23(19-9-11-20(27)12-10-19)16-25(31)29-15-13-21-7-3-4-14-28-21/h3-12,14,17,23,30H,2,13,15-16H2,1H3,(H,29,31). The number of fused-ring (bicyclic) bond motifs is 1. The van der Waals surface area contributed by atoms with E-state index in [4.69, 9.17) is 0 Å². The maximum atomic E-state index is 13.5. The number of pyridine rings is 1. The summed E-state index contributed by atoms with van der Waals surface area (Å²) in [5.41, 5.74) is 5.26. The molecule has 4 nitrogen and oxygen atoms in total. The van der Waals surface area contributed by atoms with E-state index in [1.165, 1.54) is 17.7 Å². The van der Waals surface area contributed by atoms with Gasteiger partial charge in [-0.05, 0) is 47.4 Å². The molecule has 0 saturated heterocycles. The van der Waals surface area contributed by atoms with E-state index < -0.39 is 0 Å². The Morgan fingerprint density at radius 1 is 1.10 bits per heavy atom. The summed E-state index contributed by atoms with van der Waals surface area (Å²) in [6, 6.07) is 18.4. The van der Waals surface area contributed by atoms with Gasteiger partial charge < -0.3 is 10.3 Å². The predicted molar refractivity (Wildman–Crippen MR) is 121 cm³/mol. The van der Waals surface area contributed by atoms with Gasteiger partial charge in [-0.25, -0.2) is 4.39 Å². The van der Waals surface area contributed by atoms with Crippen molar-refractivity contribution in [2.45, 2.75) is 32.1 Å². The number of nitrogens with zero attached hydrogens (tertiary/aromatic N) is 1. The number of carbonyl (C=O) groups is 1. The Kier molecular flexibility index (Phi) is 6.41. The SMILES string of the molecule is CCc1cccc2c(C(CC(=O)NCCc3ccccn3)c3ccc(F)cc3)c[nH]c12. The third kappa shape index (κ3) is 4.82. The zero-order valence-corrected chi connectivity index (χ0v) is 17.6. The highest BCUT2D eigenvalue weighted by Gasteiger charge is 2.22. The van der Waals surface area contributed by atoms with E-state index in [2.05, 4.69) is 34.3 Å². The van der Waals surface area contributed by atoms with Crippen LogP contribution in [0.15, 0.2) is 73.1 Å². The molecule has 5 heteroatoms. The molecule has 0 aliphatic heterocycles. The van der Waals surface area contributed by atoms with Crippen LogP contribution in [0.5, 0.6) is 0 Å². The van der Waals surface area contributed by atoms with Gasteiger partial charge in [0, 0.05) is 54.3 Å². The van der Waals surface area contributed by atoms with Crippen LogP contribution in [0, 0.1) is 5.82 Å². The van der Waals surface area contributed by atoms with Crippen molar-refractivity contribution in [2.24, 2.45) is 0 Å². The van der Waals surface area contributed by atoms with Gasteiger partial charge in [-0.15, -0.1) is 0 Å². The van der Waals surface area contributed by atoms with E-state index in [0.717, 1.165) is 34.1 Å². The molecule has 2 aromatic heterocycles. The Hall–Kier alpha value is -3.47. The molecule has 1 unspecified atom stereocenters. The van der Waals surface area contributed by atoms with Gasteiger partial charge >= 0.3 is 0 Å². The van der Waals surface area contributed by atoms with Gasteiger partial charge in [0.15, 0.2) is 0 Å². The predicted octanol–water partition coefficient (Wildman–Crippen LogP) is 5.15. The van der Waals surface area contributed by atoms with Crippen molar-refractivity contribution in [3.63, 3.8) is 0 Å². The number of aryl methyl sites for hydroxylation is 1. The number of hydrogen-bond donors (Lipinski definition) is 2. The second-order valence-electron chi connectivity index (χ2n) is 7.67. The molecular weight excluding hydrogens is 389 g/mol. The Morgan fingerprint density at radius 3 is 2.68 bits per heavy atom. The number of H-pyrrole nitrogens is 1. The normalized spacial score (nSPS) is 12.1. The molecule has 0 bridgehead atoms. The summed E-state index contributed by atoms with van der Waals surface area (Å²) in [5, 5.41) is 4.12. The Balaban J connectivity index is 1.57. The quantitative estimate of drug-likeness (QED) is 0.418. The summed E-state index contributed by atoms with van der Waals surface area (Å²) < 4.78 is 13.5. The van der Waals surface area contributed by atoms with E-state index >= 15 is 0 Å². The largest absolute Gasteiger partial charge is 0.361 e. The van der Waals surface area contributed by atoms with Crippen molar-refractivity contribution in [3.05, 3.63) is 101 Å². The van der Waals surface area contributed by atoms with Gasteiger partial charge in [-0.2, -0.15) is 0 Å². The van der Waals surface area contributed by atoms with E-state index in [9.17, 15) is 9.18 Å². The third-order valence-corrected chi connectivity index (χ3v) is 5.68. The molecular formula is C26H26FN3O. The van der Waals surface area contributed by atoms with Crippen molar-refractivity contribution < 1.29 is 9.18 Å². The summed E-state index contributed by atoms with van der Waals surface area (Å²) in [4.78, 5) is 20.5. The lowest BCUT2D eigenvalue weighted by atomic mass is 9.87. The molecule has 0 saturated carbocycles. The number of amides is 1. The van der Waals surface area contributed by atoms with Crippen molar-refractivity contribution in [1.82, 2.24) is 15.3 Å². The molecule has 2 heterocycles. The molecule has 0 aliphatic carbocycles. The molecule has 0 aliphatic rings. The van der Waals surface area contributed by atoms with E-state index in [1.807, 2.05) is 30.5 Å². The molecule has 158 valence electrons. The summed E-state index contributed by atoms with van der Waals surface area (Å²) in [6.45, 7) is 2.65. The van der Waals surface area contributed by atoms with Crippen LogP contribution in [0.1, 0.15) is 41.6 Å². The smallest absolute Gasteiger partial charge is 0.220 e. The average Bonchev–Trinajstić information content (AvgIpc) is 3.23. The van der Waals surface area contributed by atoms with Crippen LogP contribution in [0.25, 0.3) is 10.9 Å². The topological polar surface area (TPSA) is 57.8 Å². The first-order valence-electron chi connectivity index (χ1n) is 10.7. The van der Waals surface area contributed by atoms with Crippen LogP contribution in [0.3, 0.4) is 0 Å². The number of halogens is 1. The van der Waals surface area contributed by atoms with Gasteiger partial charge in [0.25, 0.3) is 0 Å². The van der Waals surface area contributed by atoms with Crippen LogP contribution in [-0.2, 0) is 17.6 Å². The lowest BCUT2D eigenvalue weighted by molar-refractivity contribution is -0.121. The number of carbonyl (C=O) groups excluding carboxylic acids is 1. The average molecular weight is 416 g/mol. The minimum atomic E-state index is -0.283. The van der Waals surface area contributed by atoms with Crippen LogP contribution < -0.4 is 5.32 Å². The van der Waals surface area contributed by atoms with E-state index in [0.29, 0.717) is 13.0 Å². The lowest BCUT2D eigenvalue weighted by Gasteiger charge is -2.17. The molecule has 4 rings (SSSR count). The molecule has 2 aromatic carbocycles. The zero-order valence-electron chi connectivity index (χ0n) is 17.6. The Bertz CT molecular complexity index is 1150. The lowest BCUT2D eigenvalue weighted by Crippen LogP contribution is -2.27. The third-order valence-electron chi connectivity index (χ3n) is 5.68. The molecule has 31 heavy (non-hydrogen) atoms. The first-order chi connectivity index (χ1) is 15.2. The monoisotopic (exact) mass is 415 g/mol. The van der Waals surface area contributed by atoms with Crippen molar-refractivity contribution in [2.75, 3.05) is 6.54 Å². The van der Waals surface area contributed by atoms with Gasteiger partial charge in [-0.1, -0.05) is 43.3 Å². The van der Waals surface area contributed by atoms with Gasteiger partial charge in [0.05, 0.1) is 0 Å². The summed E-state index contributed by atoms with van der Waals surface area (Å²) in [7, 11) is 0. The Morgan fingerprint density at radius 2 is 1.94 bits per heavy atom. The molecule has 0 fully saturated rings. The number of aromatic nitrogens is 2. The fraction of sp³-hybridized carbons (Fsp3) is 0.231. The number of rotatable bonds is 8. The van der Waals surface area contributed by atoms with Crippen LogP contribution in [0.2, 0.25) is 0 Å². The second-order valence-corrected chi connectivity index (χ2v) is 7.67. The molecule has 0 radical (unpaired) electrons. The summed E-state index contributed by atoms with van der Waals surface area (Å²) in [5.74, 6) is -0.489. The minimum absolute atomic E-state index is 0.0359.